The first kappa shape index (κ1) is 19.8. The molecule has 0 saturated heterocycles. The molecule has 3 saturated carbocycles. The molecule has 4 unspecified atom stereocenters. The largest absolute Gasteiger partial charge is 0.452 e. The molecule has 4 aliphatic carbocycles. The van der Waals surface area contributed by atoms with E-state index in [1.54, 1.807) is 6.92 Å². The summed E-state index contributed by atoms with van der Waals surface area (Å²) in [5, 5.41) is 10.4. The highest BCUT2D eigenvalue weighted by molar-refractivity contribution is 5.95. The van der Waals surface area contributed by atoms with Gasteiger partial charge in [0, 0.05) is 12.8 Å². The Hall–Kier alpha value is -1.49. The molecule has 28 heavy (non-hydrogen) atoms. The number of carbonyl (C=O) groups is 3. The van der Waals surface area contributed by atoms with E-state index in [1.807, 2.05) is 6.92 Å². The van der Waals surface area contributed by atoms with Crippen LogP contribution in [0.2, 0.25) is 0 Å². The molecule has 0 aromatic carbocycles. The molecule has 3 fully saturated rings. The van der Waals surface area contributed by atoms with Crippen molar-refractivity contribution in [2.24, 2.45) is 34.5 Å². The minimum absolute atomic E-state index is 0.0290. The SMILES string of the molecule is CC(=O)OC1C(=O)[C@@]2(C)C(=CCC3C2CC[C@@]2(C)C3CC[C@@H]2C(C)=O)C[C@@H]1O. The Morgan fingerprint density at radius 2 is 1.86 bits per heavy atom. The zero-order chi connectivity index (χ0) is 20.4. The Labute approximate surface area is 166 Å². The maximum absolute atomic E-state index is 13.5. The molecule has 0 spiro atoms. The van der Waals surface area contributed by atoms with E-state index in [1.165, 1.54) is 6.92 Å². The third-order valence-electron chi connectivity index (χ3n) is 8.81. The molecule has 0 aromatic rings. The fraction of sp³-hybridized carbons (Fsp3) is 0.783. The second-order valence-corrected chi connectivity index (χ2v) is 10.00. The van der Waals surface area contributed by atoms with Crippen molar-refractivity contribution in [3.05, 3.63) is 11.6 Å². The molecule has 8 atom stereocenters. The van der Waals surface area contributed by atoms with Crippen molar-refractivity contribution in [2.45, 2.75) is 78.4 Å². The van der Waals surface area contributed by atoms with Crippen LogP contribution in [0.1, 0.15) is 66.2 Å². The van der Waals surface area contributed by atoms with Gasteiger partial charge in [-0.15, -0.1) is 0 Å². The number of hydrogen-bond donors (Lipinski definition) is 1. The van der Waals surface area contributed by atoms with Crippen molar-refractivity contribution >= 4 is 17.5 Å². The molecular weight excluding hydrogens is 356 g/mol. The van der Waals surface area contributed by atoms with Gasteiger partial charge in [-0.25, -0.2) is 0 Å². The molecule has 5 heteroatoms. The molecule has 154 valence electrons. The van der Waals surface area contributed by atoms with Gasteiger partial charge in [0.2, 0.25) is 0 Å². The molecule has 0 amide bonds. The summed E-state index contributed by atoms with van der Waals surface area (Å²) in [5.41, 5.74) is 0.360. The Morgan fingerprint density at radius 3 is 2.50 bits per heavy atom. The summed E-state index contributed by atoms with van der Waals surface area (Å²) in [5.74, 6) is 0.761. The minimum atomic E-state index is -1.07. The lowest BCUT2D eigenvalue weighted by atomic mass is 9.46. The Balaban J connectivity index is 1.69. The van der Waals surface area contributed by atoms with Gasteiger partial charge in [0.15, 0.2) is 11.9 Å². The van der Waals surface area contributed by atoms with Crippen LogP contribution in [-0.2, 0) is 19.1 Å². The molecule has 0 heterocycles. The van der Waals surface area contributed by atoms with E-state index in [0.717, 1.165) is 37.7 Å². The second kappa shape index (κ2) is 6.51. The number of ether oxygens (including phenoxy) is 1. The van der Waals surface area contributed by atoms with Gasteiger partial charge in [-0.2, -0.15) is 0 Å². The molecule has 4 aliphatic rings. The number of fused-ring (bicyclic) bond motifs is 5. The Bertz CT molecular complexity index is 754. The van der Waals surface area contributed by atoms with E-state index >= 15 is 0 Å². The zero-order valence-electron chi connectivity index (χ0n) is 17.4. The monoisotopic (exact) mass is 388 g/mol. The number of esters is 1. The average Bonchev–Trinajstić information content (AvgIpc) is 2.97. The number of rotatable bonds is 2. The van der Waals surface area contributed by atoms with Crippen LogP contribution in [0.15, 0.2) is 11.6 Å². The molecule has 0 aliphatic heterocycles. The van der Waals surface area contributed by atoms with Crippen LogP contribution in [0.4, 0.5) is 0 Å². The van der Waals surface area contributed by atoms with E-state index in [2.05, 4.69) is 13.0 Å². The summed E-state index contributed by atoms with van der Waals surface area (Å²) < 4.78 is 5.25. The van der Waals surface area contributed by atoms with Crippen LogP contribution in [0, 0.1) is 34.5 Å². The summed E-state index contributed by atoms with van der Waals surface area (Å²) in [6.45, 7) is 7.28. The number of allylic oxidation sites excluding steroid dienone is 1. The number of aliphatic hydroxyl groups is 1. The minimum Gasteiger partial charge on any atom is -0.452 e. The normalized spacial score (nSPS) is 47.5. The summed E-state index contributed by atoms with van der Waals surface area (Å²) in [4.78, 5) is 37.3. The van der Waals surface area contributed by atoms with Crippen LogP contribution in [-0.4, -0.2) is 34.9 Å². The highest BCUT2D eigenvalue weighted by Crippen LogP contribution is 2.65. The van der Waals surface area contributed by atoms with E-state index in [9.17, 15) is 19.5 Å². The Kier molecular flexibility index (Phi) is 4.61. The maximum atomic E-state index is 13.5. The topological polar surface area (TPSA) is 80.7 Å². The molecule has 4 rings (SSSR count). The number of hydrogen-bond acceptors (Lipinski definition) is 5. The third kappa shape index (κ3) is 2.58. The van der Waals surface area contributed by atoms with E-state index in [0.29, 0.717) is 24.0 Å². The van der Waals surface area contributed by atoms with E-state index < -0.39 is 23.6 Å². The molecule has 5 nitrogen and oxygen atoms in total. The van der Waals surface area contributed by atoms with Crippen LogP contribution >= 0.6 is 0 Å². The van der Waals surface area contributed by atoms with Gasteiger partial charge in [0.05, 0.1) is 5.41 Å². The van der Waals surface area contributed by atoms with E-state index in [4.69, 9.17) is 4.74 Å². The van der Waals surface area contributed by atoms with Crippen molar-refractivity contribution in [3.8, 4) is 0 Å². The number of aliphatic hydroxyl groups excluding tert-OH is 1. The van der Waals surface area contributed by atoms with Crippen molar-refractivity contribution in [2.75, 3.05) is 0 Å². The lowest BCUT2D eigenvalue weighted by molar-refractivity contribution is -0.171. The highest BCUT2D eigenvalue weighted by Gasteiger charge is 2.63. The first-order valence-electron chi connectivity index (χ1n) is 10.7. The van der Waals surface area contributed by atoms with Crippen LogP contribution < -0.4 is 0 Å². The van der Waals surface area contributed by atoms with E-state index in [-0.39, 0.29) is 23.0 Å². The summed E-state index contributed by atoms with van der Waals surface area (Å²) >= 11 is 0. The first-order valence-corrected chi connectivity index (χ1v) is 10.7. The molecule has 1 N–H and O–H groups in total. The van der Waals surface area contributed by atoms with Gasteiger partial charge in [0.25, 0.3) is 0 Å². The summed E-state index contributed by atoms with van der Waals surface area (Å²) in [6, 6.07) is 0. The summed E-state index contributed by atoms with van der Waals surface area (Å²) in [7, 11) is 0. The van der Waals surface area contributed by atoms with Crippen LogP contribution in [0.5, 0.6) is 0 Å². The van der Waals surface area contributed by atoms with Gasteiger partial charge in [-0.1, -0.05) is 18.6 Å². The van der Waals surface area contributed by atoms with Gasteiger partial charge < -0.3 is 9.84 Å². The van der Waals surface area contributed by atoms with Crippen molar-refractivity contribution in [3.63, 3.8) is 0 Å². The highest BCUT2D eigenvalue weighted by atomic mass is 16.6. The fourth-order valence-corrected chi connectivity index (χ4v) is 7.48. The predicted molar refractivity (Wildman–Crippen MR) is 103 cm³/mol. The first-order chi connectivity index (χ1) is 13.1. The number of carbonyl (C=O) groups excluding carboxylic acids is 3. The van der Waals surface area contributed by atoms with Gasteiger partial charge >= 0.3 is 5.97 Å². The molecule has 0 aromatic heterocycles. The van der Waals surface area contributed by atoms with Crippen molar-refractivity contribution in [1.29, 1.82) is 0 Å². The van der Waals surface area contributed by atoms with Gasteiger partial charge in [-0.05, 0) is 75.5 Å². The Morgan fingerprint density at radius 1 is 1.14 bits per heavy atom. The number of ketones is 2. The van der Waals surface area contributed by atoms with Crippen molar-refractivity contribution in [1.82, 2.24) is 0 Å². The predicted octanol–water partition coefficient (Wildman–Crippen LogP) is 3.24. The lowest BCUT2D eigenvalue weighted by Gasteiger charge is -2.57. The standard InChI is InChI=1S/C23H32O5/c1-12(24)16-7-8-17-15-6-5-14-11-19(26)20(28-13(2)25)21(27)23(14,4)18(15)9-10-22(16,17)3/h5,15-20,26H,6-11H2,1-4H3/t15?,16-,17?,18?,19+,20?,22-,23+/m1/s1. The second-order valence-electron chi connectivity index (χ2n) is 10.00. The molecule has 0 bridgehead atoms. The van der Waals surface area contributed by atoms with Gasteiger partial charge in [-0.3, -0.25) is 14.4 Å². The fourth-order valence-electron chi connectivity index (χ4n) is 7.48. The van der Waals surface area contributed by atoms with Gasteiger partial charge in [0.1, 0.15) is 11.9 Å². The number of Topliss-reactive ketones (excluding diaryl/α,β-unsaturated/α-hetero) is 2. The molecule has 0 radical (unpaired) electrons. The smallest absolute Gasteiger partial charge is 0.303 e. The maximum Gasteiger partial charge on any atom is 0.303 e. The average molecular weight is 389 g/mol. The lowest BCUT2D eigenvalue weighted by Crippen LogP contribution is -2.59. The quantitative estimate of drug-likeness (QED) is 0.580. The van der Waals surface area contributed by atoms with Crippen LogP contribution in [0.25, 0.3) is 0 Å². The van der Waals surface area contributed by atoms with Crippen molar-refractivity contribution < 1.29 is 24.2 Å². The molecular formula is C23H32O5. The third-order valence-corrected chi connectivity index (χ3v) is 8.81. The summed E-state index contributed by atoms with van der Waals surface area (Å²) in [6.07, 6.45) is 5.31. The zero-order valence-corrected chi connectivity index (χ0v) is 17.4. The van der Waals surface area contributed by atoms with Crippen LogP contribution in [0.3, 0.4) is 0 Å².